The van der Waals surface area contributed by atoms with Crippen LogP contribution in [-0.4, -0.2) is 88.7 Å². The Morgan fingerprint density at radius 2 is 1.74 bits per heavy atom. The molecule has 6 N–H and O–H groups in total. The van der Waals surface area contributed by atoms with E-state index >= 15 is 0 Å². The first kappa shape index (κ1) is 23.9. The number of hydrogen-bond donors (Lipinski definition) is 5. The van der Waals surface area contributed by atoms with Crippen LogP contribution in [-0.2, 0) is 9.59 Å². The SMILES string of the molecule is C[C@H]1c2ccc(N(C)C)c(O)c2C(=O)C2=C[C@]3(O)C(O)=C(C(N)=O)C(=O)[C@@H](N(C)C)C3C(O)C21. The fourth-order valence-electron chi connectivity index (χ4n) is 5.87. The van der Waals surface area contributed by atoms with Crippen LogP contribution in [0.3, 0.4) is 0 Å². The molecule has 0 aromatic heterocycles. The number of hydrogen-bond acceptors (Lipinski definition) is 9. The largest absolute Gasteiger partial charge is 0.508 e. The van der Waals surface area contributed by atoms with E-state index in [1.54, 1.807) is 52.1 Å². The normalized spacial score (nSPS) is 32.7. The minimum atomic E-state index is -2.40. The number of aliphatic hydroxyl groups is 3. The molecule has 6 atom stereocenters. The number of amides is 1. The topological polar surface area (TPSA) is 165 Å². The second-order valence-corrected chi connectivity index (χ2v) is 9.74. The maximum Gasteiger partial charge on any atom is 0.255 e. The van der Waals surface area contributed by atoms with Crippen molar-refractivity contribution in [1.29, 1.82) is 0 Å². The third-order valence-electron chi connectivity index (χ3n) is 7.44. The van der Waals surface area contributed by atoms with Crippen LogP contribution in [0.2, 0.25) is 0 Å². The summed E-state index contributed by atoms with van der Waals surface area (Å²) in [6, 6.07) is 2.21. The smallest absolute Gasteiger partial charge is 0.255 e. The first-order chi connectivity index (χ1) is 15.8. The van der Waals surface area contributed by atoms with E-state index in [-0.39, 0.29) is 16.9 Å². The van der Waals surface area contributed by atoms with Crippen molar-refractivity contribution >= 4 is 23.2 Å². The van der Waals surface area contributed by atoms with Crippen LogP contribution in [0.25, 0.3) is 0 Å². The van der Waals surface area contributed by atoms with Crippen molar-refractivity contribution in [3.05, 3.63) is 46.2 Å². The van der Waals surface area contributed by atoms with E-state index in [2.05, 4.69) is 0 Å². The quantitative estimate of drug-likeness (QED) is 0.377. The van der Waals surface area contributed by atoms with Gasteiger partial charge in [0.05, 0.1) is 23.4 Å². The third kappa shape index (κ3) is 2.95. The molecule has 0 aliphatic heterocycles. The van der Waals surface area contributed by atoms with E-state index in [0.717, 1.165) is 6.08 Å². The summed E-state index contributed by atoms with van der Waals surface area (Å²) in [4.78, 5) is 41.8. The summed E-state index contributed by atoms with van der Waals surface area (Å²) in [5, 5.41) is 44.9. The number of primary amides is 1. The van der Waals surface area contributed by atoms with Crippen LogP contribution in [0, 0.1) is 11.8 Å². The molecule has 0 spiro atoms. The van der Waals surface area contributed by atoms with Crippen molar-refractivity contribution in [3.8, 4) is 5.75 Å². The van der Waals surface area contributed by atoms with Crippen molar-refractivity contribution in [2.45, 2.75) is 30.6 Å². The predicted octanol–water partition coefficient (Wildman–Crippen LogP) is -0.167. The zero-order valence-corrected chi connectivity index (χ0v) is 19.6. The number of carbonyl (C=O) groups is 3. The number of Topliss-reactive ketones (excluding diaryl/α,β-unsaturated/α-hetero) is 2. The van der Waals surface area contributed by atoms with Crippen molar-refractivity contribution in [2.24, 2.45) is 17.6 Å². The van der Waals surface area contributed by atoms with E-state index < -0.39 is 64.3 Å². The number of anilines is 1. The summed E-state index contributed by atoms with van der Waals surface area (Å²) in [5.74, 6) is -6.45. The number of nitrogens with two attached hydrogens (primary N) is 1. The summed E-state index contributed by atoms with van der Waals surface area (Å²) in [6.45, 7) is 1.78. The van der Waals surface area contributed by atoms with Gasteiger partial charge in [-0.1, -0.05) is 13.0 Å². The number of carbonyl (C=O) groups excluding carboxylic acids is 3. The molecule has 0 bridgehead atoms. The lowest BCUT2D eigenvalue weighted by molar-refractivity contribution is -0.143. The number of aromatic hydroxyl groups is 1. The lowest BCUT2D eigenvalue weighted by atomic mass is 9.56. The van der Waals surface area contributed by atoms with Gasteiger partial charge < -0.3 is 31.1 Å². The molecule has 3 unspecified atom stereocenters. The molecule has 0 heterocycles. The summed E-state index contributed by atoms with van der Waals surface area (Å²) >= 11 is 0. The Morgan fingerprint density at radius 3 is 2.26 bits per heavy atom. The van der Waals surface area contributed by atoms with E-state index in [0.29, 0.717) is 11.3 Å². The molecule has 0 radical (unpaired) electrons. The van der Waals surface area contributed by atoms with E-state index in [9.17, 15) is 34.8 Å². The van der Waals surface area contributed by atoms with Gasteiger partial charge in [-0.05, 0) is 37.7 Å². The number of likely N-dealkylation sites (N-methyl/N-ethyl adjacent to an activating group) is 1. The van der Waals surface area contributed by atoms with Crippen LogP contribution < -0.4 is 10.6 Å². The maximum absolute atomic E-state index is 13.6. The average molecular weight is 472 g/mol. The van der Waals surface area contributed by atoms with E-state index in [4.69, 9.17) is 5.73 Å². The molecule has 0 fully saturated rings. The number of nitrogens with zero attached hydrogens (tertiary/aromatic N) is 2. The number of benzene rings is 1. The molecule has 34 heavy (non-hydrogen) atoms. The summed E-state index contributed by atoms with van der Waals surface area (Å²) in [7, 11) is 6.52. The fourth-order valence-corrected chi connectivity index (χ4v) is 5.87. The Hall–Kier alpha value is -3.21. The van der Waals surface area contributed by atoms with Crippen molar-refractivity contribution < 1.29 is 34.8 Å². The van der Waals surface area contributed by atoms with Gasteiger partial charge in [-0.2, -0.15) is 0 Å². The minimum absolute atomic E-state index is 0.0142. The first-order valence-corrected chi connectivity index (χ1v) is 10.9. The molecule has 10 nitrogen and oxygen atoms in total. The monoisotopic (exact) mass is 471 g/mol. The average Bonchev–Trinajstić information content (AvgIpc) is 2.72. The van der Waals surface area contributed by atoms with Gasteiger partial charge in [0.15, 0.2) is 11.6 Å². The number of rotatable bonds is 3. The van der Waals surface area contributed by atoms with Gasteiger partial charge in [-0.15, -0.1) is 0 Å². The molecular formula is C24H29N3O7. The zero-order chi connectivity index (χ0) is 25.4. The van der Waals surface area contributed by atoms with Gasteiger partial charge in [-0.25, -0.2) is 0 Å². The molecule has 3 aliphatic rings. The molecule has 0 saturated carbocycles. The van der Waals surface area contributed by atoms with E-state index in [1.165, 1.54) is 4.90 Å². The number of aliphatic hydroxyl groups excluding tert-OH is 2. The lowest BCUT2D eigenvalue weighted by Crippen LogP contribution is -2.66. The molecule has 10 heteroatoms. The number of phenols is 1. The third-order valence-corrected chi connectivity index (χ3v) is 7.44. The molecule has 182 valence electrons. The van der Waals surface area contributed by atoms with Crippen LogP contribution in [0.1, 0.15) is 28.8 Å². The zero-order valence-electron chi connectivity index (χ0n) is 19.6. The van der Waals surface area contributed by atoms with Gasteiger partial charge in [0.2, 0.25) is 0 Å². The van der Waals surface area contributed by atoms with Crippen LogP contribution in [0.15, 0.2) is 35.1 Å². The van der Waals surface area contributed by atoms with Gasteiger partial charge in [0, 0.05) is 31.5 Å². The van der Waals surface area contributed by atoms with Crippen molar-refractivity contribution in [2.75, 3.05) is 33.1 Å². The summed E-state index contributed by atoms with van der Waals surface area (Å²) in [5.41, 5.74) is 3.15. The minimum Gasteiger partial charge on any atom is -0.508 e. The Kier molecular flexibility index (Phi) is 5.39. The Labute approximate surface area is 196 Å². The number of fused-ring (bicyclic) bond motifs is 3. The highest BCUT2D eigenvalue weighted by molar-refractivity contribution is 6.22. The standard InChI is InChI=1S/C24H29N3O7/c1-9-10-6-7-12(26(2)3)19(29)14(10)18(28)11-8-24(34)16(20(30)13(9)11)17(27(4)5)21(31)15(22(24)32)23(25)33/h6-9,13,16-17,20,29-30,32,34H,1-5H3,(H2,25,33)/t9-,13?,16?,17-,20?,24+/m0/s1. The molecule has 1 amide bonds. The van der Waals surface area contributed by atoms with Gasteiger partial charge in [-0.3, -0.25) is 19.3 Å². The Morgan fingerprint density at radius 1 is 1.12 bits per heavy atom. The highest BCUT2D eigenvalue weighted by Gasteiger charge is 2.62. The molecule has 0 saturated heterocycles. The predicted molar refractivity (Wildman–Crippen MR) is 123 cm³/mol. The maximum atomic E-state index is 13.6. The van der Waals surface area contributed by atoms with Crippen LogP contribution in [0.5, 0.6) is 5.75 Å². The molecule has 1 aromatic carbocycles. The highest BCUT2D eigenvalue weighted by atomic mass is 16.3. The first-order valence-electron chi connectivity index (χ1n) is 10.9. The Bertz CT molecular complexity index is 1190. The highest BCUT2D eigenvalue weighted by Crippen LogP contribution is 2.54. The number of ketones is 2. The van der Waals surface area contributed by atoms with Crippen LogP contribution in [0.4, 0.5) is 5.69 Å². The molecular weight excluding hydrogens is 442 g/mol. The number of phenolic OH excluding ortho intramolecular Hbond substituents is 1. The molecule has 4 rings (SSSR count). The lowest BCUT2D eigenvalue weighted by Gasteiger charge is -2.52. The van der Waals surface area contributed by atoms with Crippen molar-refractivity contribution in [1.82, 2.24) is 4.90 Å². The molecule has 1 aromatic rings. The Balaban J connectivity index is 2.01. The molecule has 3 aliphatic carbocycles. The summed E-state index contributed by atoms with van der Waals surface area (Å²) in [6.07, 6.45) is -0.333. The van der Waals surface area contributed by atoms with E-state index in [1.807, 2.05) is 0 Å². The second-order valence-electron chi connectivity index (χ2n) is 9.74. The van der Waals surface area contributed by atoms with Crippen LogP contribution >= 0.6 is 0 Å². The second kappa shape index (κ2) is 7.66. The van der Waals surface area contributed by atoms with Gasteiger partial charge in [0.1, 0.15) is 22.7 Å². The summed E-state index contributed by atoms with van der Waals surface area (Å²) < 4.78 is 0. The van der Waals surface area contributed by atoms with Gasteiger partial charge in [0.25, 0.3) is 5.91 Å². The fraction of sp³-hybridized carbons (Fsp3) is 0.458. The van der Waals surface area contributed by atoms with Gasteiger partial charge >= 0.3 is 0 Å². The van der Waals surface area contributed by atoms with Crippen molar-refractivity contribution in [3.63, 3.8) is 0 Å².